The molecule has 1 unspecified atom stereocenters. The number of ether oxygens (including phenoxy) is 6. The lowest BCUT2D eigenvalue weighted by Crippen LogP contribution is -2.46. The van der Waals surface area contributed by atoms with Crippen LogP contribution in [0, 0.1) is 0 Å². The molecule has 36 heavy (non-hydrogen) atoms. The van der Waals surface area contributed by atoms with Gasteiger partial charge in [-0.3, -0.25) is 9.69 Å². The van der Waals surface area contributed by atoms with E-state index in [0.29, 0.717) is 46.2 Å². The van der Waals surface area contributed by atoms with Crippen LogP contribution in [0.2, 0.25) is 0 Å². The summed E-state index contributed by atoms with van der Waals surface area (Å²) in [5.41, 5.74) is 0.978. The number of morpholine rings is 1. The van der Waals surface area contributed by atoms with E-state index in [9.17, 15) is 4.79 Å². The van der Waals surface area contributed by atoms with E-state index in [1.807, 2.05) is 83.8 Å². The van der Waals surface area contributed by atoms with Gasteiger partial charge in [-0.15, -0.1) is 0 Å². The first-order chi connectivity index (χ1) is 17.8. The van der Waals surface area contributed by atoms with Gasteiger partial charge in [-0.25, -0.2) is 0 Å². The van der Waals surface area contributed by atoms with Gasteiger partial charge in [0.15, 0.2) is 23.0 Å². The maximum absolute atomic E-state index is 11.7. The van der Waals surface area contributed by atoms with Crippen molar-refractivity contribution < 1.29 is 34.6 Å². The number of esters is 1. The van der Waals surface area contributed by atoms with Gasteiger partial charge in [-0.05, 0) is 29.8 Å². The molecule has 0 aromatic heterocycles. The fourth-order valence-corrected chi connectivity index (χ4v) is 4.24. The minimum Gasteiger partial charge on any atom is -0.486 e. The monoisotopic (exact) mass is 493 g/mol. The number of benzene rings is 3. The largest absolute Gasteiger partial charge is 0.486 e. The van der Waals surface area contributed by atoms with Crippen LogP contribution in [0.4, 0.5) is 0 Å². The van der Waals surface area contributed by atoms with Gasteiger partial charge in [0.1, 0.15) is 45.3 Å². The smallest absolute Gasteiger partial charge is 0.325 e. The molecule has 190 valence electrons. The number of carbonyl (C=O) groups is 1. The molecule has 0 N–H and O–H groups in total. The van der Waals surface area contributed by atoms with Gasteiger partial charge in [0.25, 0.3) is 0 Å². The Morgan fingerprint density at radius 1 is 0.639 bits per heavy atom. The average molecular weight is 494 g/mol. The molecule has 4 heterocycles. The topological polar surface area (TPSA) is 75.7 Å². The molecule has 2 saturated heterocycles. The third-order valence-electron chi connectivity index (χ3n) is 5.95. The molecule has 3 aromatic rings. The zero-order valence-corrected chi connectivity index (χ0v) is 19.9. The van der Waals surface area contributed by atoms with Crippen molar-refractivity contribution >= 4 is 5.97 Å². The standard InChI is InChI=1S/C14H15NO5.C8H8O2.C6H6.H2/c16-14-10-8-20-13(15(10)3-4-19-14)9-1-2-11-12(7-9)18-6-5-17-11;1-2-4-8-7(3-1)9-5-6-10-8;1-2-4-6-5-3-1;/h1-2,7,10,13H,3-6,8H2;1-4H,5-6H2;1-6H;1H/t10?,13-;;;/m0.../s1. The van der Waals surface area contributed by atoms with Crippen LogP contribution in [0.25, 0.3) is 0 Å². The number of carbonyl (C=O) groups excluding carboxylic acids is 1. The van der Waals surface area contributed by atoms with Gasteiger partial charge >= 0.3 is 5.97 Å². The summed E-state index contributed by atoms with van der Waals surface area (Å²) in [6.07, 6.45) is -0.219. The molecule has 0 saturated carbocycles. The fraction of sp³-hybridized carbons (Fsp3) is 0.321. The molecule has 0 aliphatic carbocycles. The molecule has 7 rings (SSSR count). The predicted molar refractivity (Wildman–Crippen MR) is 134 cm³/mol. The highest BCUT2D eigenvalue weighted by Crippen LogP contribution is 2.38. The van der Waals surface area contributed by atoms with Crippen LogP contribution in [0.1, 0.15) is 13.2 Å². The molecule has 2 atom stereocenters. The van der Waals surface area contributed by atoms with Gasteiger partial charge in [-0.1, -0.05) is 54.6 Å². The summed E-state index contributed by atoms with van der Waals surface area (Å²) in [6.45, 7) is 3.94. The zero-order chi connectivity index (χ0) is 24.6. The third kappa shape index (κ3) is 5.72. The highest BCUT2D eigenvalue weighted by molar-refractivity contribution is 5.77. The Morgan fingerprint density at radius 2 is 1.19 bits per heavy atom. The predicted octanol–water partition coefficient (Wildman–Crippen LogP) is 4.10. The quantitative estimate of drug-likeness (QED) is 0.469. The first kappa shape index (κ1) is 24.0. The molecule has 8 nitrogen and oxygen atoms in total. The molecule has 2 fully saturated rings. The van der Waals surface area contributed by atoms with Crippen LogP contribution < -0.4 is 18.9 Å². The summed E-state index contributed by atoms with van der Waals surface area (Å²) < 4.78 is 32.5. The molecule has 0 spiro atoms. The van der Waals surface area contributed by atoms with Crippen molar-refractivity contribution in [2.24, 2.45) is 0 Å². The highest BCUT2D eigenvalue weighted by atomic mass is 16.6. The van der Waals surface area contributed by atoms with Crippen molar-refractivity contribution in [3.05, 3.63) is 84.4 Å². The van der Waals surface area contributed by atoms with Crippen molar-refractivity contribution in [3.63, 3.8) is 0 Å². The zero-order valence-electron chi connectivity index (χ0n) is 19.9. The van der Waals surface area contributed by atoms with E-state index in [1.54, 1.807) is 0 Å². The van der Waals surface area contributed by atoms with Gasteiger partial charge in [-0.2, -0.15) is 0 Å². The minimum atomic E-state index is -0.290. The van der Waals surface area contributed by atoms with E-state index in [2.05, 4.69) is 0 Å². The van der Waals surface area contributed by atoms with Crippen molar-refractivity contribution in [2.45, 2.75) is 12.3 Å². The average Bonchev–Trinajstić information content (AvgIpc) is 3.40. The second-order valence-electron chi connectivity index (χ2n) is 8.31. The van der Waals surface area contributed by atoms with Crippen molar-refractivity contribution in [1.29, 1.82) is 0 Å². The lowest BCUT2D eigenvalue weighted by molar-refractivity contribution is -0.156. The molecule has 3 aromatic carbocycles. The Balaban J connectivity index is 0.000000156. The maximum atomic E-state index is 11.7. The van der Waals surface area contributed by atoms with E-state index in [4.69, 9.17) is 28.4 Å². The summed E-state index contributed by atoms with van der Waals surface area (Å²) in [5, 5.41) is 0. The maximum Gasteiger partial charge on any atom is 0.325 e. The molecule has 4 aliphatic heterocycles. The van der Waals surface area contributed by atoms with Crippen molar-refractivity contribution in [1.82, 2.24) is 4.90 Å². The second-order valence-corrected chi connectivity index (χ2v) is 8.31. The number of cyclic esters (lactones) is 1. The molecule has 0 radical (unpaired) electrons. The summed E-state index contributed by atoms with van der Waals surface area (Å²) in [5.74, 6) is 3.01. The Kier molecular flexibility index (Phi) is 7.85. The Labute approximate surface area is 211 Å². The lowest BCUT2D eigenvalue weighted by atomic mass is 10.1. The van der Waals surface area contributed by atoms with Crippen LogP contribution >= 0.6 is 0 Å². The summed E-state index contributed by atoms with van der Waals surface area (Å²) in [7, 11) is 0. The Hall–Kier alpha value is -3.75. The van der Waals surface area contributed by atoms with E-state index in [0.717, 1.165) is 28.6 Å². The van der Waals surface area contributed by atoms with Crippen LogP contribution in [0.5, 0.6) is 23.0 Å². The van der Waals surface area contributed by atoms with Crippen molar-refractivity contribution in [3.8, 4) is 23.0 Å². The van der Waals surface area contributed by atoms with E-state index in [1.165, 1.54) is 0 Å². The number of hydrogen-bond donors (Lipinski definition) is 0. The lowest BCUT2D eigenvalue weighted by Gasteiger charge is -2.31. The van der Waals surface area contributed by atoms with Crippen LogP contribution in [-0.4, -0.2) is 63.1 Å². The number of rotatable bonds is 1. The number of hydrogen-bond acceptors (Lipinski definition) is 8. The first-order valence-electron chi connectivity index (χ1n) is 12.1. The van der Waals surface area contributed by atoms with Crippen molar-refractivity contribution in [2.75, 3.05) is 46.2 Å². The third-order valence-corrected chi connectivity index (χ3v) is 5.95. The summed E-state index contributed by atoms with van der Waals surface area (Å²) in [6, 6.07) is 25.2. The van der Waals surface area contributed by atoms with Gasteiger partial charge in [0.05, 0.1) is 6.61 Å². The molecular weight excluding hydrogens is 462 g/mol. The summed E-state index contributed by atoms with van der Waals surface area (Å²) in [4.78, 5) is 13.7. The Bertz CT molecular complexity index is 1090. The fourth-order valence-electron chi connectivity index (χ4n) is 4.24. The molecular formula is C28H31NO7. The Morgan fingerprint density at radius 3 is 1.81 bits per heavy atom. The van der Waals surface area contributed by atoms with E-state index >= 15 is 0 Å². The SMILES string of the molecule is O=C1OCCN2C1CO[C@H]2c1ccc2c(c1)OCCO2.[HH].c1ccc2c(c1)OCCO2.c1ccccc1. The first-order valence-corrected chi connectivity index (χ1v) is 12.1. The van der Waals surface area contributed by atoms with Gasteiger partial charge in [0, 0.05) is 7.97 Å². The number of fused-ring (bicyclic) bond motifs is 3. The van der Waals surface area contributed by atoms with E-state index < -0.39 is 0 Å². The van der Waals surface area contributed by atoms with Gasteiger partial charge in [0.2, 0.25) is 0 Å². The van der Waals surface area contributed by atoms with E-state index in [-0.39, 0.29) is 19.7 Å². The molecule has 8 heteroatoms. The van der Waals surface area contributed by atoms with Crippen LogP contribution in [0.3, 0.4) is 0 Å². The number of nitrogens with zero attached hydrogens (tertiary/aromatic N) is 1. The molecule has 0 bridgehead atoms. The highest BCUT2D eigenvalue weighted by Gasteiger charge is 2.43. The minimum absolute atomic E-state index is 0. The normalized spacial score (nSPS) is 21.5. The van der Waals surface area contributed by atoms with Gasteiger partial charge < -0.3 is 28.4 Å². The second kappa shape index (κ2) is 11.8. The molecule has 0 amide bonds. The summed E-state index contributed by atoms with van der Waals surface area (Å²) >= 11 is 0. The van der Waals surface area contributed by atoms with Crippen LogP contribution in [0.15, 0.2) is 78.9 Å². The van der Waals surface area contributed by atoms with Crippen LogP contribution in [-0.2, 0) is 14.3 Å². The number of para-hydroxylation sites is 2. The molecule has 4 aliphatic rings.